The molecule has 0 atom stereocenters. The lowest BCUT2D eigenvalue weighted by Gasteiger charge is -2.28. The van der Waals surface area contributed by atoms with Crippen LogP contribution in [0.15, 0.2) is 246 Å². The van der Waals surface area contributed by atoms with Crippen LogP contribution in [-0.2, 0) is 58.9 Å². The number of halogens is 6. The van der Waals surface area contributed by atoms with Crippen molar-refractivity contribution in [2.45, 2.75) is 58.9 Å². The Labute approximate surface area is 699 Å². The number of carboxylic acids is 1. The van der Waals surface area contributed by atoms with E-state index in [-0.39, 0.29) is 91.0 Å². The van der Waals surface area contributed by atoms with Gasteiger partial charge in [-0.1, -0.05) is 126 Å². The average Bonchev–Trinajstić information content (AvgIpc) is 1.61. The van der Waals surface area contributed by atoms with Crippen molar-refractivity contribution in [1.29, 1.82) is 0 Å². The van der Waals surface area contributed by atoms with E-state index in [0.29, 0.717) is 119 Å². The van der Waals surface area contributed by atoms with Crippen molar-refractivity contribution >= 4 is 118 Å². The zero-order chi connectivity index (χ0) is 81.6. The van der Waals surface area contributed by atoms with Gasteiger partial charge in [-0.05, 0) is 192 Å². The second-order valence-electron chi connectivity index (χ2n) is 26.1. The third-order valence-corrected chi connectivity index (χ3v) is 22.7. The molecule has 15 rings (SSSR count). The van der Waals surface area contributed by atoms with E-state index in [1.54, 1.807) is 112 Å². The summed E-state index contributed by atoms with van der Waals surface area (Å²) in [6.45, 7) is 4.02. The standard InChI is InChI=1S/2C28H24BrClN4O4.C21H22N4O3.C7H4BrClO2/c2*1-38-21-10-7-18(8-11-21)16-31-26(35)25-24-17-32(27(36)19-9-12-22(29)23(30)15-19)13-14-33(24)28(37)34(25)20-5-3-2-4-6-20;1-28-17-9-7-15(8-10-17)13-23-20(26)19-18-14-22-11-12-24(18)21(27)25(19)16-5-3-2-4-6-16;8-5-2-1-4(7(10)11)3-6(5)9/h2*2-12,15H,13-14,16-17H2,1H3,(H,31,35);2-10,22H,11-14H2,1H3,(H,23,26);1-3H,(H,10,11). The van der Waals surface area contributed by atoms with E-state index in [4.69, 9.17) is 54.1 Å². The Morgan fingerprint density at radius 2 is 0.704 bits per heavy atom. The summed E-state index contributed by atoms with van der Waals surface area (Å²) in [6.07, 6.45) is 0. The summed E-state index contributed by atoms with van der Waals surface area (Å²) >= 11 is 27.9. The van der Waals surface area contributed by atoms with Crippen LogP contribution in [0.5, 0.6) is 17.2 Å². The number of imidazole rings is 3. The largest absolute Gasteiger partial charge is 0.497 e. The van der Waals surface area contributed by atoms with Gasteiger partial charge < -0.3 is 50.4 Å². The molecule has 0 fully saturated rings. The fraction of sp³-hybridized carbons (Fsp3) is 0.179. The lowest BCUT2D eigenvalue weighted by atomic mass is 10.1. The number of fused-ring (bicyclic) bond motifs is 3. The molecule has 3 aliphatic rings. The van der Waals surface area contributed by atoms with Gasteiger partial charge >= 0.3 is 23.0 Å². The van der Waals surface area contributed by atoms with Gasteiger partial charge in [0.1, 0.15) is 34.3 Å². The van der Waals surface area contributed by atoms with Gasteiger partial charge in [-0.15, -0.1) is 0 Å². The first kappa shape index (κ1) is 82.9. The highest BCUT2D eigenvalue weighted by atomic mass is 79.9. The number of ether oxygens (including phenoxy) is 3. The summed E-state index contributed by atoms with van der Waals surface area (Å²) in [6, 6.07) is 64.1. The Morgan fingerprint density at radius 3 is 1.02 bits per heavy atom. The van der Waals surface area contributed by atoms with Gasteiger partial charge in [0.05, 0.1) is 89.2 Å². The molecular formula is C84H74Br3Cl3N12O13. The lowest BCUT2D eigenvalue weighted by molar-refractivity contribution is 0.0691. The van der Waals surface area contributed by atoms with Crippen molar-refractivity contribution in [3.05, 3.63) is 346 Å². The van der Waals surface area contributed by atoms with Gasteiger partial charge in [0.25, 0.3) is 29.5 Å². The normalized spacial score (nSPS) is 12.5. The van der Waals surface area contributed by atoms with E-state index in [1.165, 1.54) is 25.8 Å². The van der Waals surface area contributed by atoms with Crippen LogP contribution in [0, 0.1) is 0 Å². The van der Waals surface area contributed by atoms with Crippen molar-refractivity contribution < 1.29 is 48.1 Å². The highest BCUT2D eigenvalue weighted by Crippen LogP contribution is 2.30. The minimum atomic E-state index is -0.973. The molecule has 3 aliphatic heterocycles. The molecule has 9 aromatic carbocycles. The highest BCUT2D eigenvalue weighted by Gasteiger charge is 2.35. The number of hydrogen-bond donors (Lipinski definition) is 5. The minimum absolute atomic E-state index is 0.104. The Hall–Kier alpha value is -11.5. The smallest absolute Gasteiger partial charge is 0.335 e. The molecule has 590 valence electrons. The Bertz CT molecular complexity index is 5550. The van der Waals surface area contributed by atoms with E-state index in [1.807, 2.05) is 140 Å². The summed E-state index contributed by atoms with van der Waals surface area (Å²) < 4.78 is 26.8. The summed E-state index contributed by atoms with van der Waals surface area (Å²) in [4.78, 5) is 121. The minimum Gasteiger partial charge on any atom is -0.497 e. The molecule has 115 heavy (non-hydrogen) atoms. The molecule has 0 bridgehead atoms. The fourth-order valence-corrected chi connectivity index (χ4v) is 14.4. The van der Waals surface area contributed by atoms with E-state index < -0.39 is 17.8 Å². The second kappa shape index (κ2) is 38.1. The van der Waals surface area contributed by atoms with Crippen LogP contribution in [0.25, 0.3) is 17.1 Å². The number of amides is 5. The van der Waals surface area contributed by atoms with E-state index >= 15 is 0 Å². The van der Waals surface area contributed by atoms with E-state index in [0.717, 1.165) is 33.9 Å². The second-order valence-corrected chi connectivity index (χ2v) is 29.9. The number of carboxylic acid groups (broad SMARTS) is 1. The third kappa shape index (κ3) is 19.3. The maximum absolute atomic E-state index is 13.6. The summed E-state index contributed by atoms with van der Waals surface area (Å²) in [5.41, 5.74) is 7.26. The van der Waals surface area contributed by atoms with Crippen LogP contribution >= 0.6 is 82.6 Å². The van der Waals surface area contributed by atoms with Crippen LogP contribution in [0.4, 0.5) is 0 Å². The van der Waals surface area contributed by atoms with E-state index in [9.17, 15) is 43.2 Å². The zero-order valence-corrected chi connectivity index (χ0v) is 69.0. The van der Waals surface area contributed by atoms with Crippen molar-refractivity contribution in [3.63, 3.8) is 0 Å². The number of carbonyl (C=O) groups excluding carboxylic acids is 5. The number of carbonyl (C=O) groups is 6. The molecule has 0 spiro atoms. The Morgan fingerprint density at radius 1 is 0.400 bits per heavy atom. The number of aromatic carboxylic acids is 1. The van der Waals surface area contributed by atoms with Gasteiger partial charge in [-0.3, -0.25) is 51.4 Å². The number of nitrogens with one attached hydrogen (secondary N) is 4. The van der Waals surface area contributed by atoms with Crippen LogP contribution < -0.4 is 52.5 Å². The summed E-state index contributed by atoms with van der Waals surface area (Å²) in [5.74, 6) is -0.305. The molecule has 5 N–H and O–H groups in total. The lowest BCUT2D eigenvalue weighted by Crippen LogP contribution is -2.41. The maximum atomic E-state index is 13.6. The van der Waals surface area contributed by atoms with Gasteiger partial charge in [-0.25, -0.2) is 19.2 Å². The monoisotopic (exact) mass is 1800 g/mol. The molecule has 0 radical (unpaired) electrons. The molecule has 0 aliphatic carbocycles. The van der Waals surface area contributed by atoms with Crippen LogP contribution in [0.2, 0.25) is 15.1 Å². The average molecular weight is 1810 g/mol. The molecule has 0 unspecified atom stereocenters. The number of aromatic nitrogens is 6. The number of benzene rings is 9. The molecule has 0 saturated carbocycles. The predicted molar refractivity (Wildman–Crippen MR) is 448 cm³/mol. The molecule has 31 heteroatoms. The molecule has 5 amide bonds. The van der Waals surface area contributed by atoms with Crippen molar-refractivity contribution in [1.82, 2.24) is 58.5 Å². The first-order valence-electron chi connectivity index (χ1n) is 35.8. The summed E-state index contributed by atoms with van der Waals surface area (Å²) in [5, 5.41) is 21.9. The van der Waals surface area contributed by atoms with Crippen LogP contribution in [-0.4, -0.2) is 119 Å². The Kier molecular flexibility index (Phi) is 27.5. The number of methoxy groups -OCH3 is 3. The number of para-hydroxylation sites is 3. The summed E-state index contributed by atoms with van der Waals surface area (Å²) in [7, 11) is 4.80. The third-order valence-electron chi connectivity index (χ3n) is 19.0. The van der Waals surface area contributed by atoms with Crippen LogP contribution in [0.1, 0.15) is 96.3 Å². The molecule has 12 aromatic rings. The van der Waals surface area contributed by atoms with Gasteiger partial charge in [0.15, 0.2) is 0 Å². The van der Waals surface area contributed by atoms with Gasteiger partial charge in [-0.2, -0.15) is 0 Å². The van der Waals surface area contributed by atoms with Gasteiger partial charge in [0.2, 0.25) is 0 Å². The van der Waals surface area contributed by atoms with Crippen molar-refractivity contribution in [2.24, 2.45) is 0 Å². The number of nitrogens with zero attached hydrogens (tertiary/aromatic N) is 8. The fourth-order valence-electron chi connectivity index (χ4n) is 13.1. The van der Waals surface area contributed by atoms with E-state index in [2.05, 4.69) is 69.1 Å². The SMILES string of the molecule is COc1ccc(CNC(=O)c2c3n(c(=O)n2-c2ccccc2)CCN(C(=O)c2ccc(Br)c(Cl)c2)C3)cc1.COc1ccc(CNC(=O)c2c3n(c(=O)n2-c2ccccc2)CCN(C(=O)c2ccc(Br)c(Cl)c2)C3)cc1.COc1ccc(CNC(=O)c2c3n(c(=O)n2-c2ccccc2)CCNC3)cc1.O=C(O)c1ccc(Br)c(Cl)c1. The molecular weight excluding hydrogens is 1730 g/mol. The van der Waals surface area contributed by atoms with Crippen molar-refractivity contribution in [2.75, 3.05) is 41.0 Å². The highest BCUT2D eigenvalue weighted by molar-refractivity contribution is 9.11. The first-order chi connectivity index (χ1) is 55.5. The Balaban J connectivity index is 0.000000151. The van der Waals surface area contributed by atoms with Crippen LogP contribution in [0.3, 0.4) is 0 Å². The van der Waals surface area contributed by atoms with Gasteiger partial charge in [0, 0.05) is 90.0 Å². The maximum Gasteiger partial charge on any atom is 0.335 e. The predicted octanol–water partition coefficient (Wildman–Crippen LogP) is 13.8. The van der Waals surface area contributed by atoms with Crippen molar-refractivity contribution in [3.8, 4) is 34.3 Å². The number of hydrogen-bond acceptors (Lipinski definition) is 13. The topological polar surface area (TPSA) is 286 Å². The molecule has 3 aromatic heterocycles. The molecule has 0 saturated heterocycles. The molecule has 6 heterocycles. The number of rotatable bonds is 18. The quantitative estimate of drug-likeness (QED) is 0.0534. The molecule has 25 nitrogen and oxygen atoms in total. The zero-order valence-electron chi connectivity index (χ0n) is 62.0. The first-order valence-corrected chi connectivity index (χ1v) is 39.4.